The lowest BCUT2D eigenvalue weighted by Gasteiger charge is -2.11. The van der Waals surface area contributed by atoms with Gasteiger partial charge in [-0.3, -0.25) is 9.78 Å². The zero-order chi connectivity index (χ0) is 15.2. The summed E-state index contributed by atoms with van der Waals surface area (Å²) >= 11 is 0. The van der Waals surface area contributed by atoms with E-state index < -0.39 is 12.6 Å². The number of hydrogen-bond donors (Lipinski definition) is 2. The molecule has 2 N–H and O–H groups in total. The molecule has 1 amide bonds. The van der Waals surface area contributed by atoms with Crippen molar-refractivity contribution in [2.45, 2.75) is 6.92 Å². The SMILES string of the molecule is Cc1ncccc1C(=O)Nc1ccccc1OCC(=O)O. The fourth-order valence-electron chi connectivity index (χ4n) is 1.75. The lowest BCUT2D eigenvalue weighted by Crippen LogP contribution is -2.16. The van der Waals surface area contributed by atoms with Gasteiger partial charge in [0.2, 0.25) is 0 Å². The molecule has 6 nitrogen and oxygen atoms in total. The van der Waals surface area contributed by atoms with E-state index in [2.05, 4.69) is 10.3 Å². The van der Waals surface area contributed by atoms with E-state index in [1.807, 2.05) is 0 Å². The molecule has 1 aromatic carbocycles. The molecule has 1 heterocycles. The first kappa shape index (κ1) is 14.5. The molecule has 0 aliphatic carbocycles. The molecule has 2 aromatic rings. The Morgan fingerprint density at radius 2 is 2.00 bits per heavy atom. The molecule has 21 heavy (non-hydrogen) atoms. The Kier molecular flexibility index (Phi) is 4.50. The van der Waals surface area contributed by atoms with Gasteiger partial charge in [-0.15, -0.1) is 0 Å². The first-order chi connectivity index (χ1) is 10.1. The molecule has 0 atom stereocenters. The molecule has 108 valence electrons. The monoisotopic (exact) mass is 286 g/mol. The average Bonchev–Trinajstić information content (AvgIpc) is 2.46. The second kappa shape index (κ2) is 6.51. The van der Waals surface area contributed by atoms with E-state index in [-0.39, 0.29) is 5.91 Å². The number of hydrogen-bond acceptors (Lipinski definition) is 4. The first-order valence-electron chi connectivity index (χ1n) is 6.24. The van der Waals surface area contributed by atoms with Crippen molar-refractivity contribution in [3.05, 3.63) is 53.9 Å². The predicted molar refractivity (Wildman–Crippen MR) is 76.5 cm³/mol. The fourth-order valence-corrected chi connectivity index (χ4v) is 1.75. The van der Waals surface area contributed by atoms with Gasteiger partial charge in [0.25, 0.3) is 5.91 Å². The summed E-state index contributed by atoms with van der Waals surface area (Å²) in [7, 11) is 0. The van der Waals surface area contributed by atoms with E-state index in [0.29, 0.717) is 22.7 Å². The maximum atomic E-state index is 12.2. The molecule has 0 spiro atoms. The van der Waals surface area contributed by atoms with Crippen LogP contribution < -0.4 is 10.1 Å². The third kappa shape index (κ3) is 3.79. The maximum Gasteiger partial charge on any atom is 0.341 e. The van der Waals surface area contributed by atoms with Gasteiger partial charge in [-0.05, 0) is 31.2 Å². The van der Waals surface area contributed by atoms with Gasteiger partial charge in [-0.1, -0.05) is 12.1 Å². The standard InChI is InChI=1S/C15H14N2O4/c1-10-11(5-4-8-16-10)15(20)17-12-6-2-3-7-13(12)21-9-14(18)19/h2-8H,9H2,1H3,(H,17,20)(H,18,19). The Hall–Kier alpha value is -2.89. The number of anilines is 1. The van der Waals surface area contributed by atoms with Crippen LogP contribution in [0.1, 0.15) is 16.1 Å². The molecule has 0 aliphatic heterocycles. The van der Waals surface area contributed by atoms with Crippen molar-refractivity contribution in [1.29, 1.82) is 0 Å². The average molecular weight is 286 g/mol. The number of para-hydroxylation sites is 2. The van der Waals surface area contributed by atoms with Gasteiger partial charge in [0, 0.05) is 11.9 Å². The Bertz CT molecular complexity index is 670. The van der Waals surface area contributed by atoms with Crippen molar-refractivity contribution in [3.8, 4) is 5.75 Å². The van der Waals surface area contributed by atoms with Crippen LogP contribution in [0.15, 0.2) is 42.6 Å². The number of carboxylic acid groups (broad SMARTS) is 1. The molecule has 1 aromatic heterocycles. The van der Waals surface area contributed by atoms with E-state index >= 15 is 0 Å². The van der Waals surface area contributed by atoms with Crippen LogP contribution in [0.5, 0.6) is 5.75 Å². The van der Waals surface area contributed by atoms with Crippen LogP contribution >= 0.6 is 0 Å². The van der Waals surface area contributed by atoms with Crippen LogP contribution in [0.3, 0.4) is 0 Å². The topological polar surface area (TPSA) is 88.5 Å². The fraction of sp³-hybridized carbons (Fsp3) is 0.133. The number of aliphatic carboxylic acids is 1. The second-order valence-electron chi connectivity index (χ2n) is 4.27. The molecular weight excluding hydrogens is 272 g/mol. The van der Waals surface area contributed by atoms with Crippen molar-refractivity contribution >= 4 is 17.6 Å². The van der Waals surface area contributed by atoms with E-state index in [1.165, 1.54) is 0 Å². The number of carboxylic acids is 1. The van der Waals surface area contributed by atoms with Crippen molar-refractivity contribution in [2.24, 2.45) is 0 Å². The molecule has 0 unspecified atom stereocenters. The number of carbonyl (C=O) groups excluding carboxylic acids is 1. The van der Waals surface area contributed by atoms with Crippen molar-refractivity contribution in [2.75, 3.05) is 11.9 Å². The van der Waals surface area contributed by atoms with Crippen molar-refractivity contribution in [1.82, 2.24) is 4.98 Å². The summed E-state index contributed by atoms with van der Waals surface area (Å²) in [5.74, 6) is -1.11. The van der Waals surface area contributed by atoms with Crippen LogP contribution in [0.25, 0.3) is 0 Å². The zero-order valence-electron chi connectivity index (χ0n) is 11.4. The van der Waals surface area contributed by atoms with Gasteiger partial charge in [0.15, 0.2) is 6.61 Å². The maximum absolute atomic E-state index is 12.2. The Morgan fingerprint density at radius 1 is 1.24 bits per heavy atom. The minimum absolute atomic E-state index is 0.301. The number of nitrogens with zero attached hydrogens (tertiary/aromatic N) is 1. The molecule has 0 radical (unpaired) electrons. The van der Waals surface area contributed by atoms with Crippen LogP contribution in [-0.4, -0.2) is 28.6 Å². The highest BCUT2D eigenvalue weighted by atomic mass is 16.5. The molecule has 0 aliphatic rings. The van der Waals surface area contributed by atoms with Crippen molar-refractivity contribution in [3.63, 3.8) is 0 Å². The molecule has 0 bridgehead atoms. The van der Waals surface area contributed by atoms with Crippen LogP contribution in [0, 0.1) is 6.92 Å². The predicted octanol–water partition coefficient (Wildman–Crippen LogP) is 2.11. The summed E-state index contributed by atoms with van der Waals surface area (Å²) in [6, 6.07) is 9.99. The Labute approximate surface area is 121 Å². The van der Waals surface area contributed by atoms with Gasteiger partial charge in [0.1, 0.15) is 5.75 Å². The smallest absolute Gasteiger partial charge is 0.341 e. The van der Waals surface area contributed by atoms with Gasteiger partial charge < -0.3 is 15.2 Å². The number of ether oxygens (including phenoxy) is 1. The molecule has 0 saturated carbocycles. The first-order valence-corrected chi connectivity index (χ1v) is 6.24. The van der Waals surface area contributed by atoms with Gasteiger partial charge in [-0.25, -0.2) is 4.79 Å². The summed E-state index contributed by atoms with van der Waals surface area (Å²) in [6.45, 7) is 1.26. The summed E-state index contributed by atoms with van der Waals surface area (Å²) < 4.78 is 5.14. The van der Waals surface area contributed by atoms with Crippen LogP contribution in [0.4, 0.5) is 5.69 Å². The highest BCUT2D eigenvalue weighted by molar-refractivity contribution is 6.05. The summed E-state index contributed by atoms with van der Waals surface area (Å²) in [5, 5.41) is 11.3. The number of nitrogens with one attached hydrogen (secondary N) is 1. The lowest BCUT2D eigenvalue weighted by molar-refractivity contribution is -0.139. The largest absolute Gasteiger partial charge is 0.480 e. The van der Waals surface area contributed by atoms with Crippen LogP contribution in [-0.2, 0) is 4.79 Å². The molecule has 2 rings (SSSR count). The van der Waals surface area contributed by atoms with E-state index in [0.717, 1.165) is 0 Å². The van der Waals surface area contributed by atoms with E-state index in [9.17, 15) is 9.59 Å². The third-order valence-electron chi connectivity index (χ3n) is 2.74. The lowest BCUT2D eigenvalue weighted by atomic mass is 10.2. The summed E-state index contributed by atoms with van der Waals surface area (Å²) in [6.07, 6.45) is 1.61. The number of amides is 1. The van der Waals surface area contributed by atoms with E-state index in [4.69, 9.17) is 9.84 Å². The van der Waals surface area contributed by atoms with Gasteiger partial charge in [-0.2, -0.15) is 0 Å². The number of pyridine rings is 1. The number of aryl methyl sites for hydroxylation is 1. The number of benzene rings is 1. The van der Waals surface area contributed by atoms with Gasteiger partial charge in [0.05, 0.1) is 11.3 Å². The molecule has 0 saturated heterocycles. The Balaban J connectivity index is 2.18. The third-order valence-corrected chi connectivity index (χ3v) is 2.74. The highest BCUT2D eigenvalue weighted by Crippen LogP contribution is 2.24. The second-order valence-corrected chi connectivity index (χ2v) is 4.27. The number of carbonyl (C=O) groups is 2. The molecule has 0 fully saturated rings. The molecular formula is C15H14N2O4. The highest BCUT2D eigenvalue weighted by Gasteiger charge is 2.12. The quantitative estimate of drug-likeness (QED) is 0.878. The number of aromatic nitrogens is 1. The summed E-state index contributed by atoms with van der Waals surface area (Å²) in [5.41, 5.74) is 1.47. The molecule has 6 heteroatoms. The van der Waals surface area contributed by atoms with Gasteiger partial charge >= 0.3 is 5.97 Å². The normalized spacial score (nSPS) is 9.95. The van der Waals surface area contributed by atoms with E-state index in [1.54, 1.807) is 49.5 Å². The summed E-state index contributed by atoms with van der Waals surface area (Å²) in [4.78, 5) is 26.8. The van der Waals surface area contributed by atoms with Crippen LogP contribution in [0.2, 0.25) is 0 Å². The Morgan fingerprint density at radius 3 is 2.71 bits per heavy atom. The minimum atomic E-state index is -1.08. The minimum Gasteiger partial charge on any atom is -0.480 e. The zero-order valence-corrected chi connectivity index (χ0v) is 11.4. The van der Waals surface area contributed by atoms with Crippen molar-refractivity contribution < 1.29 is 19.4 Å². The number of rotatable bonds is 5.